The van der Waals surface area contributed by atoms with Gasteiger partial charge in [0.05, 0.1) is 6.04 Å². The molecule has 1 N–H and O–H groups in total. The molecule has 1 heterocycles. The summed E-state index contributed by atoms with van der Waals surface area (Å²) >= 11 is 0. The molecule has 1 rings (SSSR count). The normalized spacial score (nSPS) is 30.8. The Balaban J connectivity index is 2.61. The number of carbonyl (C=O) groups excluding carboxylic acids is 1. The van der Waals surface area contributed by atoms with Gasteiger partial charge in [-0.25, -0.2) is 10.4 Å². The number of rotatable bonds is 1. The Kier molecular flexibility index (Phi) is 2.78. The average Bonchev–Trinajstić information content (AvgIpc) is 2.29. The smallest absolute Gasteiger partial charge is 0.156 e. The SMILES string of the molecule is CC1CC(C(=O)C(C)(C)C)NN1C. The van der Waals surface area contributed by atoms with Gasteiger partial charge >= 0.3 is 0 Å². The minimum absolute atomic E-state index is 0.0139. The zero-order valence-corrected chi connectivity index (χ0v) is 9.22. The predicted octanol–water partition coefficient (Wildman–Crippen LogP) is 1.20. The van der Waals surface area contributed by atoms with E-state index in [-0.39, 0.29) is 11.5 Å². The number of hydrogen-bond acceptors (Lipinski definition) is 3. The third-order valence-electron chi connectivity index (χ3n) is 2.65. The zero-order valence-electron chi connectivity index (χ0n) is 9.22. The highest BCUT2D eigenvalue weighted by Gasteiger charge is 2.36. The molecule has 1 aliphatic rings. The lowest BCUT2D eigenvalue weighted by Gasteiger charge is -2.21. The molecule has 0 aromatic heterocycles. The molecule has 0 aliphatic carbocycles. The molecule has 2 atom stereocenters. The first-order valence-electron chi connectivity index (χ1n) is 4.85. The van der Waals surface area contributed by atoms with Crippen LogP contribution in [0, 0.1) is 5.41 Å². The van der Waals surface area contributed by atoms with Gasteiger partial charge in [0.25, 0.3) is 0 Å². The van der Waals surface area contributed by atoms with Crippen LogP contribution in [-0.2, 0) is 4.79 Å². The fraction of sp³-hybridized carbons (Fsp3) is 0.900. The standard InChI is InChI=1S/C10H20N2O/c1-7-6-8(11-12(7)5)9(13)10(2,3)4/h7-8,11H,6H2,1-5H3. The maximum absolute atomic E-state index is 11.9. The monoisotopic (exact) mass is 184 g/mol. The lowest BCUT2D eigenvalue weighted by Crippen LogP contribution is -2.42. The van der Waals surface area contributed by atoms with Gasteiger partial charge < -0.3 is 0 Å². The molecule has 0 amide bonds. The highest BCUT2D eigenvalue weighted by atomic mass is 16.1. The first-order chi connectivity index (χ1) is 5.82. The molecule has 2 unspecified atom stereocenters. The van der Waals surface area contributed by atoms with Crippen LogP contribution in [0.1, 0.15) is 34.1 Å². The van der Waals surface area contributed by atoms with Crippen LogP contribution >= 0.6 is 0 Å². The molecule has 0 aromatic carbocycles. The van der Waals surface area contributed by atoms with E-state index in [4.69, 9.17) is 0 Å². The second kappa shape index (κ2) is 3.39. The van der Waals surface area contributed by atoms with Crippen molar-refractivity contribution >= 4 is 5.78 Å². The van der Waals surface area contributed by atoms with Crippen LogP contribution in [-0.4, -0.2) is 29.9 Å². The summed E-state index contributed by atoms with van der Waals surface area (Å²) in [6.45, 7) is 8.04. The number of hydrogen-bond donors (Lipinski definition) is 1. The highest BCUT2D eigenvalue weighted by molar-refractivity contribution is 5.88. The van der Waals surface area contributed by atoms with Crippen molar-refractivity contribution in [2.24, 2.45) is 5.41 Å². The average molecular weight is 184 g/mol. The maximum atomic E-state index is 11.9. The number of ketones is 1. The van der Waals surface area contributed by atoms with Gasteiger partial charge in [0, 0.05) is 18.5 Å². The Labute approximate surface area is 80.5 Å². The predicted molar refractivity (Wildman–Crippen MR) is 53.2 cm³/mol. The van der Waals surface area contributed by atoms with E-state index in [1.807, 2.05) is 32.8 Å². The van der Waals surface area contributed by atoms with Gasteiger partial charge in [-0.05, 0) is 13.3 Å². The minimum Gasteiger partial charge on any atom is -0.297 e. The summed E-state index contributed by atoms with van der Waals surface area (Å²) in [6, 6.07) is 0.469. The largest absolute Gasteiger partial charge is 0.297 e. The van der Waals surface area contributed by atoms with Crippen molar-refractivity contribution < 1.29 is 4.79 Å². The van der Waals surface area contributed by atoms with Crippen LogP contribution < -0.4 is 5.43 Å². The third kappa shape index (κ3) is 2.29. The van der Waals surface area contributed by atoms with E-state index in [9.17, 15) is 4.79 Å². The van der Waals surface area contributed by atoms with E-state index in [0.717, 1.165) is 6.42 Å². The Hall–Kier alpha value is -0.410. The molecule has 0 saturated carbocycles. The van der Waals surface area contributed by atoms with Gasteiger partial charge in [-0.2, -0.15) is 0 Å². The molecule has 1 saturated heterocycles. The zero-order chi connectivity index (χ0) is 10.2. The molecule has 0 spiro atoms. The summed E-state index contributed by atoms with van der Waals surface area (Å²) in [6.07, 6.45) is 0.923. The lowest BCUT2D eigenvalue weighted by atomic mass is 9.85. The van der Waals surface area contributed by atoms with Crippen molar-refractivity contribution in [3.63, 3.8) is 0 Å². The maximum Gasteiger partial charge on any atom is 0.156 e. The molecule has 3 nitrogen and oxygen atoms in total. The van der Waals surface area contributed by atoms with Crippen LogP contribution in [0.2, 0.25) is 0 Å². The molecule has 0 aromatic rings. The molecule has 0 radical (unpaired) electrons. The van der Waals surface area contributed by atoms with Crippen molar-refractivity contribution in [2.45, 2.75) is 46.2 Å². The van der Waals surface area contributed by atoms with Crippen LogP contribution in [0.5, 0.6) is 0 Å². The lowest BCUT2D eigenvalue weighted by molar-refractivity contribution is -0.128. The van der Waals surface area contributed by atoms with Crippen LogP contribution in [0.25, 0.3) is 0 Å². The first-order valence-corrected chi connectivity index (χ1v) is 4.85. The summed E-state index contributed by atoms with van der Waals surface area (Å²) < 4.78 is 0. The topological polar surface area (TPSA) is 32.3 Å². The quantitative estimate of drug-likeness (QED) is 0.664. The number of Topliss-reactive ketones (excluding diaryl/α,β-unsaturated/α-hetero) is 1. The van der Waals surface area contributed by atoms with Gasteiger partial charge in [-0.15, -0.1) is 0 Å². The summed E-state index contributed by atoms with van der Waals surface area (Å²) in [5.74, 6) is 0.309. The highest BCUT2D eigenvalue weighted by Crippen LogP contribution is 2.22. The van der Waals surface area contributed by atoms with Crippen molar-refractivity contribution in [2.75, 3.05) is 7.05 Å². The molecular weight excluding hydrogens is 164 g/mol. The van der Waals surface area contributed by atoms with Crippen molar-refractivity contribution in [1.29, 1.82) is 0 Å². The molecule has 0 bridgehead atoms. The first kappa shape index (κ1) is 10.7. The van der Waals surface area contributed by atoms with Gasteiger partial charge in [-0.3, -0.25) is 4.79 Å². The Bertz CT molecular complexity index is 197. The third-order valence-corrected chi connectivity index (χ3v) is 2.65. The van der Waals surface area contributed by atoms with Crippen LogP contribution in [0.4, 0.5) is 0 Å². The van der Waals surface area contributed by atoms with Crippen molar-refractivity contribution in [3.05, 3.63) is 0 Å². The summed E-state index contributed by atoms with van der Waals surface area (Å²) in [4.78, 5) is 11.9. The van der Waals surface area contributed by atoms with Crippen molar-refractivity contribution in [3.8, 4) is 0 Å². The van der Waals surface area contributed by atoms with E-state index in [1.165, 1.54) is 0 Å². The van der Waals surface area contributed by atoms with E-state index in [0.29, 0.717) is 11.8 Å². The molecule has 1 fully saturated rings. The Morgan fingerprint density at radius 3 is 2.31 bits per heavy atom. The molecule has 1 aliphatic heterocycles. The molecule has 3 heteroatoms. The summed E-state index contributed by atoms with van der Waals surface area (Å²) in [5, 5.41) is 2.02. The molecular formula is C10H20N2O. The van der Waals surface area contributed by atoms with E-state index in [2.05, 4.69) is 12.3 Å². The number of nitrogens with zero attached hydrogens (tertiary/aromatic N) is 1. The molecule has 13 heavy (non-hydrogen) atoms. The fourth-order valence-electron chi connectivity index (χ4n) is 1.61. The van der Waals surface area contributed by atoms with Gasteiger partial charge in [0.15, 0.2) is 5.78 Å². The Morgan fingerprint density at radius 1 is 1.46 bits per heavy atom. The number of carbonyl (C=O) groups is 1. The Morgan fingerprint density at radius 2 is 2.00 bits per heavy atom. The van der Waals surface area contributed by atoms with Crippen LogP contribution in [0.3, 0.4) is 0 Å². The van der Waals surface area contributed by atoms with Crippen LogP contribution in [0.15, 0.2) is 0 Å². The molecule has 76 valence electrons. The van der Waals surface area contributed by atoms with E-state index >= 15 is 0 Å². The van der Waals surface area contributed by atoms with Gasteiger partial charge in [0.2, 0.25) is 0 Å². The van der Waals surface area contributed by atoms with E-state index < -0.39 is 0 Å². The minimum atomic E-state index is -0.234. The van der Waals surface area contributed by atoms with E-state index in [1.54, 1.807) is 0 Å². The second-order valence-corrected chi connectivity index (χ2v) is 4.99. The number of hydrazine groups is 1. The number of nitrogens with one attached hydrogen (secondary N) is 1. The summed E-state index contributed by atoms with van der Waals surface area (Å²) in [5.41, 5.74) is 2.96. The van der Waals surface area contributed by atoms with Gasteiger partial charge in [0.1, 0.15) is 0 Å². The summed E-state index contributed by atoms with van der Waals surface area (Å²) in [7, 11) is 1.99. The second-order valence-electron chi connectivity index (χ2n) is 4.99. The fourth-order valence-corrected chi connectivity index (χ4v) is 1.61. The van der Waals surface area contributed by atoms with Gasteiger partial charge in [-0.1, -0.05) is 20.8 Å². The van der Waals surface area contributed by atoms with Crippen molar-refractivity contribution in [1.82, 2.24) is 10.4 Å².